The van der Waals surface area contributed by atoms with Crippen LogP contribution in [-0.2, 0) is 9.53 Å². The predicted octanol–water partition coefficient (Wildman–Crippen LogP) is 1.09. The van der Waals surface area contributed by atoms with Crippen LogP contribution < -0.4 is 10.1 Å². The lowest BCUT2D eigenvalue weighted by Crippen LogP contribution is -2.26. The number of carboxylic acid groups (broad SMARTS) is 1. The van der Waals surface area contributed by atoms with Crippen molar-refractivity contribution in [3.8, 4) is 5.88 Å². The van der Waals surface area contributed by atoms with Gasteiger partial charge < -0.3 is 19.9 Å². The van der Waals surface area contributed by atoms with Gasteiger partial charge >= 0.3 is 5.97 Å². The number of anilines is 1. The van der Waals surface area contributed by atoms with Crippen LogP contribution in [-0.4, -0.2) is 47.4 Å². The average molecular weight is 269 g/mol. The van der Waals surface area contributed by atoms with E-state index in [1.807, 2.05) is 13.8 Å². The number of carboxylic acids is 1. The Bertz CT molecular complexity index is 425. The molecule has 1 atom stereocenters. The number of aromatic nitrogens is 2. The summed E-state index contributed by atoms with van der Waals surface area (Å²) in [5.74, 6) is 0.211. The zero-order chi connectivity index (χ0) is 14.3. The van der Waals surface area contributed by atoms with Crippen LogP contribution in [0.4, 0.5) is 5.82 Å². The maximum absolute atomic E-state index is 10.7. The number of aliphatic carboxylic acids is 1. The third-order valence-corrected chi connectivity index (χ3v) is 2.53. The Balaban J connectivity index is 2.65. The normalized spacial score (nSPS) is 11.9. The molecule has 0 bridgehead atoms. The molecule has 2 N–H and O–H groups in total. The Labute approximate surface area is 112 Å². The van der Waals surface area contributed by atoms with Crippen molar-refractivity contribution in [2.45, 2.75) is 26.4 Å². The second-order valence-electron chi connectivity index (χ2n) is 3.91. The molecular formula is C12H19N3O4. The number of nitrogens with zero attached hydrogens (tertiary/aromatic N) is 2. The molecule has 0 amide bonds. The van der Waals surface area contributed by atoms with E-state index in [-0.39, 0.29) is 6.42 Å². The van der Waals surface area contributed by atoms with Gasteiger partial charge in [-0.15, -0.1) is 0 Å². The number of hydrogen-bond donors (Lipinski definition) is 2. The van der Waals surface area contributed by atoms with Crippen LogP contribution in [0.25, 0.3) is 0 Å². The molecule has 0 radical (unpaired) electrons. The molecule has 106 valence electrons. The molecule has 19 heavy (non-hydrogen) atoms. The molecule has 1 rings (SSSR count). The van der Waals surface area contributed by atoms with Crippen molar-refractivity contribution in [3.05, 3.63) is 11.9 Å². The number of rotatable bonds is 8. The Morgan fingerprint density at radius 3 is 2.84 bits per heavy atom. The average Bonchev–Trinajstić information content (AvgIpc) is 2.37. The topological polar surface area (TPSA) is 93.6 Å². The van der Waals surface area contributed by atoms with E-state index in [1.165, 1.54) is 13.4 Å². The minimum absolute atomic E-state index is 0.0535. The van der Waals surface area contributed by atoms with Crippen LogP contribution in [0.15, 0.2) is 6.33 Å². The molecule has 0 aromatic carbocycles. The van der Waals surface area contributed by atoms with E-state index in [0.717, 1.165) is 5.56 Å². The molecule has 0 aliphatic carbocycles. The second-order valence-corrected chi connectivity index (χ2v) is 3.91. The van der Waals surface area contributed by atoms with E-state index < -0.39 is 12.1 Å². The molecule has 0 aliphatic rings. The lowest BCUT2D eigenvalue weighted by atomic mass is 10.2. The van der Waals surface area contributed by atoms with Crippen LogP contribution >= 0.6 is 0 Å². The molecule has 1 aromatic rings. The highest BCUT2D eigenvalue weighted by atomic mass is 16.5. The highest BCUT2D eigenvalue weighted by Crippen LogP contribution is 2.19. The molecule has 1 heterocycles. The Hall–Kier alpha value is -1.89. The van der Waals surface area contributed by atoms with E-state index in [0.29, 0.717) is 24.8 Å². The molecule has 7 nitrogen and oxygen atoms in total. The summed E-state index contributed by atoms with van der Waals surface area (Å²) in [4.78, 5) is 18.8. The summed E-state index contributed by atoms with van der Waals surface area (Å²) < 4.78 is 10.4. The van der Waals surface area contributed by atoms with E-state index in [9.17, 15) is 4.79 Å². The molecule has 0 aliphatic heterocycles. The summed E-state index contributed by atoms with van der Waals surface area (Å²) in [6.45, 7) is 4.48. The summed E-state index contributed by atoms with van der Waals surface area (Å²) in [5.41, 5.74) is 0.774. The fourth-order valence-electron chi connectivity index (χ4n) is 1.65. The van der Waals surface area contributed by atoms with Crippen LogP contribution in [0.3, 0.4) is 0 Å². The fourth-order valence-corrected chi connectivity index (χ4v) is 1.65. The van der Waals surface area contributed by atoms with Crippen molar-refractivity contribution in [1.82, 2.24) is 9.97 Å². The van der Waals surface area contributed by atoms with Gasteiger partial charge in [0, 0.05) is 13.2 Å². The molecule has 0 saturated carbocycles. The van der Waals surface area contributed by atoms with Crippen molar-refractivity contribution in [2.75, 3.05) is 25.6 Å². The third kappa shape index (κ3) is 4.70. The summed E-state index contributed by atoms with van der Waals surface area (Å²) in [6, 6.07) is 0. The number of methoxy groups -OCH3 is 1. The van der Waals surface area contributed by atoms with E-state index in [2.05, 4.69) is 15.3 Å². The van der Waals surface area contributed by atoms with Crippen LogP contribution in [0.1, 0.15) is 18.9 Å². The summed E-state index contributed by atoms with van der Waals surface area (Å²) >= 11 is 0. The minimum atomic E-state index is -0.891. The molecule has 1 aromatic heterocycles. The van der Waals surface area contributed by atoms with Crippen LogP contribution in [0.2, 0.25) is 0 Å². The van der Waals surface area contributed by atoms with Gasteiger partial charge in [-0.2, -0.15) is 0 Å². The fraction of sp³-hybridized carbons (Fsp3) is 0.583. The summed E-state index contributed by atoms with van der Waals surface area (Å²) in [7, 11) is 1.53. The monoisotopic (exact) mass is 269 g/mol. The zero-order valence-electron chi connectivity index (χ0n) is 11.3. The lowest BCUT2D eigenvalue weighted by Gasteiger charge is -2.17. The molecular weight excluding hydrogens is 250 g/mol. The predicted molar refractivity (Wildman–Crippen MR) is 69.5 cm³/mol. The van der Waals surface area contributed by atoms with Gasteiger partial charge in [0.15, 0.2) is 0 Å². The van der Waals surface area contributed by atoms with Gasteiger partial charge in [0.2, 0.25) is 5.88 Å². The molecule has 0 saturated heterocycles. The smallest absolute Gasteiger partial charge is 0.306 e. The maximum Gasteiger partial charge on any atom is 0.306 e. The first-order valence-corrected chi connectivity index (χ1v) is 6.01. The van der Waals surface area contributed by atoms with E-state index >= 15 is 0 Å². The Morgan fingerprint density at radius 2 is 2.26 bits per heavy atom. The zero-order valence-corrected chi connectivity index (χ0v) is 11.3. The highest BCUT2D eigenvalue weighted by Gasteiger charge is 2.14. The van der Waals surface area contributed by atoms with Gasteiger partial charge in [-0.25, -0.2) is 9.97 Å². The lowest BCUT2D eigenvalue weighted by molar-refractivity contribution is -0.139. The van der Waals surface area contributed by atoms with Gasteiger partial charge in [-0.3, -0.25) is 4.79 Å². The molecule has 0 fully saturated rings. The van der Waals surface area contributed by atoms with Crippen LogP contribution in [0, 0.1) is 6.92 Å². The van der Waals surface area contributed by atoms with E-state index in [4.69, 9.17) is 14.6 Å². The number of ether oxygens (including phenoxy) is 2. The number of nitrogens with one attached hydrogen (secondary N) is 1. The molecule has 0 spiro atoms. The summed E-state index contributed by atoms with van der Waals surface area (Å²) in [5, 5.41) is 11.8. The molecule has 1 unspecified atom stereocenters. The molecule has 7 heteroatoms. The van der Waals surface area contributed by atoms with Gasteiger partial charge in [0.1, 0.15) is 12.1 Å². The van der Waals surface area contributed by atoms with Gasteiger partial charge in [-0.1, -0.05) is 0 Å². The van der Waals surface area contributed by atoms with Gasteiger partial charge in [0.25, 0.3) is 0 Å². The van der Waals surface area contributed by atoms with Gasteiger partial charge in [0.05, 0.1) is 25.2 Å². The second kappa shape index (κ2) is 7.52. The first-order valence-electron chi connectivity index (χ1n) is 6.01. The minimum Gasteiger partial charge on any atom is -0.481 e. The highest BCUT2D eigenvalue weighted by molar-refractivity contribution is 5.67. The van der Waals surface area contributed by atoms with Crippen LogP contribution in [0.5, 0.6) is 5.88 Å². The Kier molecular flexibility index (Phi) is 6.01. The van der Waals surface area contributed by atoms with Crippen molar-refractivity contribution >= 4 is 11.8 Å². The summed E-state index contributed by atoms with van der Waals surface area (Å²) in [6.07, 6.45) is 0.936. The maximum atomic E-state index is 10.7. The quantitative estimate of drug-likeness (QED) is 0.729. The van der Waals surface area contributed by atoms with Gasteiger partial charge in [-0.05, 0) is 13.8 Å². The standard InChI is InChI=1S/C12H19N3O4/c1-4-19-9(5-10(16)17)6-13-11-8(2)12(18-3)15-7-14-11/h7,9H,4-6H2,1-3H3,(H,16,17)(H,13,14,15). The third-order valence-electron chi connectivity index (χ3n) is 2.53. The van der Waals surface area contributed by atoms with E-state index in [1.54, 1.807) is 0 Å². The van der Waals surface area contributed by atoms with Crippen molar-refractivity contribution < 1.29 is 19.4 Å². The first-order chi connectivity index (χ1) is 9.08. The van der Waals surface area contributed by atoms with Crippen molar-refractivity contribution in [2.24, 2.45) is 0 Å². The largest absolute Gasteiger partial charge is 0.481 e. The van der Waals surface area contributed by atoms with Crippen molar-refractivity contribution in [3.63, 3.8) is 0 Å². The van der Waals surface area contributed by atoms with Crippen molar-refractivity contribution in [1.29, 1.82) is 0 Å². The Morgan fingerprint density at radius 1 is 1.53 bits per heavy atom. The number of carbonyl (C=O) groups is 1. The number of hydrogen-bond acceptors (Lipinski definition) is 6. The SMILES string of the molecule is CCOC(CNc1ncnc(OC)c1C)CC(=O)O. The first kappa shape index (κ1) is 15.2.